The van der Waals surface area contributed by atoms with Crippen LogP contribution in [0.3, 0.4) is 0 Å². The average molecular weight is 430 g/mol. The van der Waals surface area contributed by atoms with Crippen molar-refractivity contribution < 1.29 is 19.1 Å². The van der Waals surface area contributed by atoms with Crippen LogP contribution in [0.4, 0.5) is 5.69 Å². The van der Waals surface area contributed by atoms with Crippen LogP contribution in [-0.2, 0) is 4.74 Å². The first-order valence-corrected chi connectivity index (χ1v) is 10.2. The van der Waals surface area contributed by atoms with Crippen LogP contribution in [0.5, 0.6) is 5.75 Å². The van der Waals surface area contributed by atoms with E-state index >= 15 is 0 Å². The Hall–Kier alpha value is -2.97. The molecule has 3 N–H and O–H groups in total. The van der Waals surface area contributed by atoms with Crippen molar-refractivity contribution >= 4 is 34.8 Å². The molecule has 30 heavy (non-hydrogen) atoms. The summed E-state index contributed by atoms with van der Waals surface area (Å²) in [5, 5.41) is 8.56. The molecule has 0 atom stereocenters. The molecule has 7 nitrogen and oxygen atoms in total. The summed E-state index contributed by atoms with van der Waals surface area (Å²) in [7, 11) is 1.62. The molecular formula is C22H27N3O4S. The largest absolute Gasteiger partial charge is 0.494 e. The van der Waals surface area contributed by atoms with Gasteiger partial charge in [-0.3, -0.25) is 14.9 Å². The van der Waals surface area contributed by atoms with Crippen molar-refractivity contribution in [1.29, 1.82) is 0 Å². The van der Waals surface area contributed by atoms with Gasteiger partial charge >= 0.3 is 0 Å². The van der Waals surface area contributed by atoms with Crippen LogP contribution >= 0.6 is 12.2 Å². The molecule has 2 aromatic rings. The number of amides is 2. The third-order valence-corrected chi connectivity index (χ3v) is 4.24. The van der Waals surface area contributed by atoms with Crippen LogP contribution in [0, 0.1) is 0 Å². The van der Waals surface area contributed by atoms with Crippen molar-refractivity contribution in [2.45, 2.75) is 19.8 Å². The molecular weight excluding hydrogens is 402 g/mol. The number of carbonyl (C=O) groups excluding carboxylic acids is 2. The maximum absolute atomic E-state index is 12.3. The molecule has 2 aromatic carbocycles. The van der Waals surface area contributed by atoms with Gasteiger partial charge in [-0.05, 0) is 73.6 Å². The zero-order valence-corrected chi connectivity index (χ0v) is 18.0. The molecule has 0 radical (unpaired) electrons. The van der Waals surface area contributed by atoms with Gasteiger partial charge in [-0.25, -0.2) is 0 Å². The molecule has 160 valence electrons. The first-order chi connectivity index (χ1) is 14.5. The van der Waals surface area contributed by atoms with Gasteiger partial charge in [0.25, 0.3) is 11.8 Å². The lowest BCUT2D eigenvalue weighted by Gasteiger charge is -2.11. The number of thiocarbonyl (C=S) groups is 1. The van der Waals surface area contributed by atoms with Crippen LogP contribution in [-0.4, -0.2) is 43.8 Å². The van der Waals surface area contributed by atoms with E-state index in [1.807, 2.05) is 6.92 Å². The van der Waals surface area contributed by atoms with Crippen molar-refractivity contribution in [1.82, 2.24) is 10.6 Å². The van der Waals surface area contributed by atoms with Crippen LogP contribution in [0.2, 0.25) is 0 Å². The zero-order chi connectivity index (χ0) is 21.8. The summed E-state index contributed by atoms with van der Waals surface area (Å²) in [5.74, 6) is 0.249. The van der Waals surface area contributed by atoms with Gasteiger partial charge < -0.3 is 20.1 Å². The highest BCUT2D eigenvalue weighted by molar-refractivity contribution is 7.80. The Kier molecular flexibility index (Phi) is 9.76. The minimum absolute atomic E-state index is 0.153. The Labute approximate surface area is 182 Å². The highest BCUT2D eigenvalue weighted by Crippen LogP contribution is 2.13. The molecule has 0 bridgehead atoms. The molecule has 2 amide bonds. The maximum atomic E-state index is 12.3. The van der Waals surface area contributed by atoms with Gasteiger partial charge in [0.1, 0.15) is 5.75 Å². The van der Waals surface area contributed by atoms with Crippen LogP contribution in [0.25, 0.3) is 0 Å². The van der Waals surface area contributed by atoms with Crippen LogP contribution < -0.4 is 20.7 Å². The Morgan fingerprint density at radius 1 is 0.933 bits per heavy atom. The van der Waals surface area contributed by atoms with Crippen molar-refractivity contribution in [3.05, 3.63) is 59.7 Å². The van der Waals surface area contributed by atoms with E-state index in [1.54, 1.807) is 55.6 Å². The van der Waals surface area contributed by atoms with E-state index < -0.39 is 0 Å². The lowest BCUT2D eigenvalue weighted by molar-refractivity contribution is 0.0946. The number of methoxy groups -OCH3 is 1. The fourth-order valence-corrected chi connectivity index (χ4v) is 2.70. The Morgan fingerprint density at radius 3 is 2.20 bits per heavy atom. The SMILES string of the molecule is CCCOc1ccc(C(=O)NC(=S)Nc2ccc(C(=O)NCCCOC)cc2)cc1. The molecule has 0 aliphatic heterocycles. The minimum Gasteiger partial charge on any atom is -0.494 e. The molecule has 0 fully saturated rings. The highest BCUT2D eigenvalue weighted by Gasteiger charge is 2.09. The van der Waals surface area contributed by atoms with Crippen molar-refractivity contribution in [2.75, 3.05) is 32.2 Å². The van der Waals surface area contributed by atoms with Crippen LogP contribution in [0.15, 0.2) is 48.5 Å². The summed E-state index contributed by atoms with van der Waals surface area (Å²) in [6.45, 7) is 3.81. The maximum Gasteiger partial charge on any atom is 0.257 e. The van der Waals surface area contributed by atoms with E-state index in [9.17, 15) is 9.59 Å². The number of anilines is 1. The molecule has 8 heteroatoms. The van der Waals surface area contributed by atoms with E-state index in [0.717, 1.165) is 18.6 Å². The Bertz CT molecular complexity index is 838. The number of nitrogens with one attached hydrogen (secondary N) is 3. The number of carbonyl (C=O) groups is 2. The summed E-state index contributed by atoms with van der Waals surface area (Å²) in [4.78, 5) is 24.4. The third kappa shape index (κ3) is 7.81. The van der Waals surface area contributed by atoms with Gasteiger partial charge in [-0.1, -0.05) is 6.92 Å². The second-order valence-corrected chi connectivity index (χ2v) is 6.87. The molecule has 2 rings (SSSR count). The van der Waals surface area contributed by atoms with Crippen molar-refractivity contribution in [2.24, 2.45) is 0 Å². The van der Waals surface area contributed by atoms with E-state index in [0.29, 0.717) is 36.6 Å². The van der Waals surface area contributed by atoms with E-state index in [1.165, 1.54) is 0 Å². The number of hydrogen-bond donors (Lipinski definition) is 3. The van der Waals surface area contributed by atoms with Gasteiger partial charge in [-0.15, -0.1) is 0 Å². The molecule has 0 saturated heterocycles. The summed E-state index contributed by atoms with van der Waals surface area (Å²) in [6, 6.07) is 13.7. The number of rotatable bonds is 10. The fraction of sp³-hybridized carbons (Fsp3) is 0.318. The van der Waals surface area contributed by atoms with Crippen molar-refractivity contribution in [3.8, 4) is 5.75 Å². The monoisotopic (exact) mass is 429 g/mol. The number of hydrogen-bond acceptors (Lipinski definition) is 5. The fourth-order valence-electron chi connectivity index (χ4n) is 2.49. The second-order valence-electron chi connectivity index (χ2n) is 6.46. The van der Waals surface area contributed by atoms with Crippen molar-refractivity contribution in [3.63, 3.8) is 0 Å². The average Bonchev–Trinajstić information content (AvgIpc) is 2.76. The Morgan fingerprint density at radius 2 is 1.57 bits per heavy atom. The summed E-state index contributed by atoms with van der Waals surface area (Å²) in [5.41, 5.74) is 1.68. The predicted octanol–water partition coefficient (Wildman–Crippen LogP) is 3.37. The lowest BCUT2D eigenvalue weighted by Crippen LogP contribution is -2.34. The van der Waals surface area contributed by atoms with Gasteiger partial charge in [0.15, 0.2) is 5.11 Å². The molecule has 0 aromatic heterocycles. The normalized spacial score (nSPS) is 10.2. The first-order valence-electron chi connectivity index (χ1n) is 9.76. The Balaban J connectivity index is 1.82. The topological polar surface area (TPSA) is 88.7 Å². The molecule has 0 heterocycles. The van der Waals surface area contributed by atoms with E-state index in [2.05, 4.69) is 16.0 Å². The molecule has 0 unspecified atom stereocenters. The van der Waals surface area contributed by atoms with Gasteiger partial charge in [0.05, 0.1) is 6.61 Å². The van der Waals surface area contributed by atoms with E-state index in [-0.39, 0.29) is 16.9 Å². The lowest BCUT2D eigenvalue weighted by atomic mass is 10.2. The molecule has 0 spiro atoms. The third-order valence-electron chi connectivity index (χ3n) is 4.03. The summed E-state index contributed by atoms with van der Waals surface area (Å²) in [6.07, 6.45) is 1.67. The minimum atomic E-state index is -0.318. The smallest absolute Gasteiger partial charge is 0.257 e. The molecule has 0 saturated carbocycles. The zero-order valence-electron chi connectivity index (χ0n) is 17.2. The van der Waals surface area contributed by atoms with E-state index in [4.69, 9.17) is 21.7 Å². The number of ether oxygens (including phenoxy) is 2. The van der Waals surface area contributed by atoms with Gasteiger partial charge in [-0.2, -0.15) is 0 Å². The summed E-state index contributed by atoms with van der Waals surface area (Å²) < 4.78 is 10.5. The van der Waals surface area contributed by atoms with Gasteiger partial charge in [0, 0.05) is 37.1 Å². The quantitative estimate of drug-likeness (QED) is 0.396. The number of benzene rings is 2. The first kappa shape index (κ1) is 23.3. The highest BCUT2D eigenvalue weighted by atomic mass is 32.1. The molecule has 0 aliphatic rings. The molecule has 0 aliphatic carbocycles. The second kappa shape index (κ2) is 12.6. The van der Waals surface area contributed by atoms with Gasteiger partial charge in [0.2, 0.25) is 0 Å². The predicted molar refractivity (Wildman–Crippen MR) is 121 cm³/mol. The summed E-state index contributed by atoms with van der Waals surface area (Å²) >= 11 is 5.20. The van der Waals surface area contributed by atoms with Crippen LogP contribution in [0.1, 0.15) is 40.5 Å². The standard InChI is InChI=1S/C22H27N3O4S/c1-3-14-29-19-11-7-17(8-12-19)21(27)25-22(30)24-18-9-5-16(6-10-18)20(26)23-13-4-15-28-2/h5-12H,3-4,13-15H2,1-2H3,(H,23,26)(H2,24,25,27,30).